The van der Waals surface area contributed by atoms with Gasteiger partial charge in [0.15, 0.2) is 0 Å². The van der Waals surface area contributed by atoms with Gasteiger partial charge in [-0.2, -0.15) is 13.2 Å². The van der Waals surface area contributed by atoms with E-state index in [0.29, 0.717) is 49.5 Å². The van der Waals surface area contributed by atoms with E-state index in [0.717, 1.165) is 31.2 Å². The Morgan fingerprint density at radius 3 is 2.63 bits per heavy atom. The second kappa shape index (κ2) is 9.46. The number of amides is 2. The monoisotopic (exact) mass is 493 g/mol. The summed E-state index contributed by atoms with van der Waals surface area (Å²) in [6.45, 7) is 3.89. The molecule has 7 nitrogen and oxygen atoms in total. The average molecular weight is 494 g/mol. The number of benzene rings is 1. The number of rotatable bonds is 6. The third-order valence-corrected chi connectivity index (χ3v) is 7.39. The van der Waals surface area contributed by atoms with Crippen molar-refractivity contribution in [2.75, 3.05) is 19.7 Å². The molecule has 1 aromatic rings. The number of fused-ring (bicyclic) bond motifs is 1. The van der Waals surface area contributed by atoms with Crippen molar-refractivity contribution in [3.05, 3.63) is 41.6 Å². The molecule has 1 N–H and O–H groups in total. The van der Waals surface area contributed by atoms with Crippen LogP contribution in [-0.2, 0) is 16.1 Å². The molecule has 2 amide bonds. The Kier molecular flexibility index (Phi) is 6.52. The third kappa shape index (κ3) is 5.18. The van der Waals surface area contributed by atoms with E-state index in [9.17, 15) is 22.8 Å². The van der Waals surface area contributed by atoms with E-state index in [1.165, 1.54) is 0 Å². The van der Waals surface area contributed by atoms with Crippen molar-refractivity contribution in [2.45, 2.75) is 75.5 Å². The molecule has 3 unspecified atom stereocenters. The van der Waals surface area contributed by atoms with Crippen molar-refractivity contribution >= 4 is 11.8 Å². The highest BCUT2D eigenvalue weighted by Gasteiger charge is 2.41. The Bertz CT molecular complexity index is 1010. The van der Waals surface area contributed by atoms with Crippen molar-refractivity contribution < 1.29 is 32.2 Å². The van der Waals surface area contributed by atoms with Crippen molar-refractivity contribution in [1.82, 2.24) is 15.1 Å². The first kappa shape index (κ1) is 24.1. The van der Waals surface area contributed by atoms with E-state index >= 15 is 0 Å². The zero-order valence-corrected chi connectivity index (χ0v) is 19.5. The van der Waals surface area contributed by atoms with Crippen LogP contribution in [0.1, 0.15) is 54.4 Å². The van der Waals surface area contributed by atoms with Gasteiger partial charge in [-0.15, -0.1) is 0 Å². The Morgan fingerprint density at radius 2 is 1.89 bits per heavy atom. The van der Waals surface area contributed by atoms with E-state index in [1.54, 1.807) is 17.0 Å². The van der Waals surface area contributed by atoms with Crippen LogP contribution in [0.3, 0.4) is 0 Å². The molecule has 0 aromatic heterocycles. The summed E-state index contributed by atoms with van der Waals surface area (Å²) in [7, 11) is 0. The van der Waals surface area contributed by atoms with E-state index in [2.05, 4.69) is 16.8 Å². The summed E-state index contributed by atoms with van der Waals surface area (Å²) in [6.07, 6.45) is 0.296. The first-order chi connectivity index (χ1) is 16.7. The molecule has 4 aliphatic rings. The average Bonchev–Trinajstić information content (AvgIpc) is 3.08. The standard InChI is InChI=1S/C25H30F3N3O4/c1-15-6-9-21(23(32)29-15)31-11-16-10-17(7-8-19(16)24(31)33)35-22-5-3-2-4-20(22)30-12-18(13-30)34-14-25(26,27)28/h7-8,10,18,20-22H,1-6,9,11-14H2,(H,29,32). The quantitative estimate of drug-likeness (QED) is 0.658. The van der Waals surface area contributed by atoms with E-state index in [4.69, 9.17) is 9.47 Å². The van der Waals surface area contributed by atoms with Crippen LogP contribution in [0.15, 0.2) is 30.5 Å². The Labute approximate surface area is 202 Å². The highest BCUT2D eigenvalue weighted by molar-refractivity contribution is 6.01. The number of likely N-dealkylation sites (tertiary alicyclic amines) is 1. The predicted molar refractivity (Wildman–Crippen MR) is 121 cm³/mol. The number of halogens is 3. The maximum Gasteiger partial charge on any atom is 0.411 e. The lowest BCUT2D eigenvalue weighted by Crippen LogP contribution is -2.61. The minimum absolute atomic E-state index is 0.0753. The molecule has 3 fully saturated rings. The summed E-state index contributed by atoms with van der Waals surface area (Å²) < 4.78 is 48.6. The molecular formula is C25H30F3N3O4. The molecule has 1 saturated carbocycles. The summed E-state index contributed by atoms with van der Waals surface area (Å²) in [5.74, 6) is 0.318. The second-order valence-electron chi connectivity index (χ2n) is 9.91. The Balaban J connectivity index is 1.21. The predicted octanol–water partition coefficient (Wildman–Crippen LogP) is 3.39. The number of carbonyl (C=O) groups is 2. The molecule has 5 rings (SSSR count). The molecule has 0 bridgehead atoms. The van der Waals surface area contributed by atoms with E-state index in [1.807, 2.05) is 6.07 Å². The van der Waals surface area contributed by atoms with Gasteiger partial charge in [-0.25, -0.2) is 0 Å². The topological polar surface area (TPSA) is 71.1 Å². The number of alkyl halides is 3. The van der Waals surface area contributed by atoms with Gasteiger partial charge in [-0.05, 0) is 55.9 Å². The number of carbonyl (C=O) groups excluding carboxylic acids is 2. The van der Waals surface area contributed by atoms with Crippen LogP contribution < -0.4 is 10.1 Å². The van der Waals surface area contributed by atoms with Crippen molar-refractivity contribution in [3.63, 3.8) is 0 Å². The van der Waals surface area contributed by atoms with Crippen LogP contribution in [0.4, 0.5) is 13.2 Å². The van der Waals surface area contributed by atoms with Crippen molar-refractivity contribution in [2.24, 2.45) is 0 Å². The molecule has 2 saturated heterocycles. The fraction of sp³-hybridized carbons (Fsp3) is 0.600. The van der Waals surface area contributed by atoms with Gasteiger partial charge >= 0.3 is 6.18 Å². The van der Waals surface area contributed by atoms with Gasteiger partial charge in [-0.3, -0.25) is 14.5 Å². The lowest BCUT2D eigenvalue weighted by Gasteiger charge is -2.48. The van der Waals surface area contributed by atoms with Gasteiger partial charge in [-0.1, -0.05) is 13.0 Å². The molecule has 3 heterocycles. The molecule has 0 spiro atoms. The SMILES string of the molecule is C=C1CCC(N2Cc3cc(OC4CCCCC4N4CC(OCC(F)(F)F)C4)ccc3C2=O)C(=O)N1. The number of allylic oxidation sites excluding steroid dienone is 1. The number of nitrogens with zero attached hydrogens (tertiary/aromatic N) is 2. The van der Waals surface area contributed by atoms with E-state index < -0.39 is 24.9 Å². The molecule has 0 radical (unpaired) electrons. The first-order valence-electron chi connectivity index (χ1n) is 12.2. The summed E-state index contributed by atoms with van der Waals surface area (Å²) in [5.41, 5.74) is 2.09. The summed E-state index contributed by atoms with van der Waals surface area (Å²) in [6, 6.07) is 5.05. The normalized spacial score (nSPS) is 28.0. The van der Waals surface area contributed by atoms with Crippen LogP contribution >= 0.6 is 0 Å². The lowest BCUT2D eigenvalue weighted by molar-refractivity contribution is -0.204. The number of ether oxygens (including phenoxy) is 2. The summed E-state index contributed by atoms with van der Waals surface area (Å²) in [5, 5.41) is 2.74. The fourth-order valence-electron chi connectivity index (χ4n) is 5.57. The molecule has 10 heteroatoms. The second-order valence-corrected chi connectivity index (χ2v) is 9.91. The van der Waals surface area contributed by atoms with Gasteiger partial charge < -0.3 is 19.7 Å². The lowest BCUT2D eigenvalue weighted by atomic mass is 9.89. The van der Waals surface area contributed by atoms with Crippen LogP contribution in [-0.4, -0.2) is 71.8 Å². The van der Waals surface area contributed by atoms with Crippen LogP contribution in [0.25, 0.3) is 0 Å². The van der Waals surface area contributed by atoms with Crippen LogP contribution in [0, 0.1) is 0 Å². The summed E-state index contributed by atoms with van der Waals surface area (Å²) in [4.78, 5) is 29.1. The fourth-order valence-corrected chi connectivity index (χ4v) is 5.57. The number of hydrogen-bond donors (Lipinski definition) is 1. The van der Waals surface area contributed by atoms with Gasteiger partial charge in [0, 0.05) is 36.9 Å². The number of nitrogens with one attached hydrogen (secondary N) is 1. The maximum atomic E-state index is 13.0. The van der Waals surface area contributed by atoms with Gasteiger partial charge in [0.2, 0.25) is 5.91 Å². The third-order valence-electron chi connectivity index (χ3n) is 7.39. The van der Waals surface area contributed by atoms with Crippen LogP contribution in [0.2, 0.25) is 0 Å². The smallest absolute Gasteiger partial charge is 0.411 e. The highest BCUT2D eigenvalue weighted by Crippen LogP contribution is 2.34. The minimum atomic E-state index is -4.31. The Hall–Kier alpha value is -2.59. The molecular weight excluding hydrogens is 463 g/mol. The molecule has 35 heavy (non-hydrogen) atoms. The number of piperidine rings is 1. The molecule has 3 aliphatic heterocycles. The Morgan fingerprint density at radius 1 is 1.11 bits per heavy atom. The highest BCUT2D eigenvalue weighted by atomic mass is 19.4. The molecule has 1 aliphatic carbocycles. The molecule has 3 atom stereocenters. The number of hydrogen-bond acceptors (Lipinski definition) is 5. The van der Waals surface area contributed by atoms with Gasteiger partial charge in [0.05, 0.1) is 6.10 Å². The molecule has 190 valence electrons. The van der Waals surface area contributed by atoms with Gasteiger partial charge in [0.25, 0.3) is 5.91 Å². The van der Waals surface area contributed by atoms with E-state index in [-0.39, 0.29) is 24.0 Å². The van der Waals surface area contributed by atoms with Crippen molar-refractivity contribution in [3.8, 4) is 5.75 Å². The maximum absolute atomic E-state index is 13.0. The largest absolute Gasteiger partial charge is 0.489 e. The first-order valence-corrected chi connectivity index (χ1v) is 12.2. The summed E-state index contributed by atoms with van der Waals surface area (Å²) >= 11 is 0. The zero-order chi connectivity index (χ0) is 24.7. The van der Waals surface area contributed by atoms with Crippen molar-refractivity contribution in [1.29, 1.82) is 0 Å². The molecule has 1 aromatic carbocycles. The van der Waals surface area contributed by atoms with Gasteiger partial charge in [0.1, 0.15) is 24.5 Å². The minimum Gasteiger partial charge on any atom is -0.489 e. The van der Waals surface area contributed by atoms with Crippen LogP contribution in [0.5, 0.6) is 5.75 Å². The zero-order valence-electron chi connectivity index (χ0n) is 19.5.